The molecule has 0 bridgehead atoms. The maximum Gasteiger partial charge on any atom is 0.242 e. The van der Waals surface area contributed by atoms with E-state index in [1.807, 2.05) is 30.3 Å². The molecule has 0 aliphatic carbocycles. The number of nitriles is 1. The molecule has 1 aliphatic rings. The molecule has 192 valence electrons. The first-order chi connectivity index (χ1) is 19.0. The third-order valence-electron chi connectivity index (χ3n) is 6.90. The van der Waals surface area contributed by atoms with Crippen LogP contribution in [0.4, 0.5) is 8.78 Å². The molecule has 6 rings (SSSR count). The standard InChI is InChI=1S/C30H21F2N5O2/c31-22-10-6-20(7-11-22)27(21-8-12-23(32)13-9-21)25-17-36-24(14-33)15-34-30(36)28-29(26(38)16-35-37(25)28)39-18-19-4-2-1-3-5-19/h1-13,15-16,25,27H,17-18H2/t25-/m1/s1. The summed E-state index contributed by atoms with van der Waals surface area (Å²) in [5.41, 5.74) is 2.61. The first kappa shape index (κ1) is 24.2. The zero-order valence-electron chi connectivity index (χ0n) is 20.5. The molecule has 3 aromatic carbocycles. The topological polar surface area (TPSA) is 85.7 Å². The number of rotatable bonds is 6. The van der Waals surface area contributed by atoms with Crippen LogP contribution in [0.15, 0.2) is 96.1 Å². The van der Waals surface area contributed by atoms with E-state index >= 15 is 0 Å². The first-order valence-electron chi connectivity index (χ1n) is 12.3. The van der Waals surface area contributed by atoms with Gasteiger partial charge in [0.2, 0.25) is 5.43 Å². The average Bonchev–Trinajstić information content (AvgIpc) is 3.38. The van der Waals surface area contributed by atoms with Gasteiger partial charge in [0.05, 0.1) is 18.4 Å². The van der Waals surface area contributed by atoms with Gasteiger partial charge in [-0.3, -0.25) is 9.48 Å². The van der Waals surface area contributed by atoms with Crippen molar-refractivity contribution >= 4 is 0 Å². The van der Waals surface area contributed by atoms with Crippen molar-refractivity contribution in [2.45, 2.75) is 25.1 Å². The second-order valence-electron chi connectivity index (χ2n) is 9.24. The molecule has 0 N–H and O–H groups in total. The van der Waals surface area contributed by atoms with Gasteiger partial charge in [0, 0.05) is 12.5 Å². The highest BCUT2D eigenvalue weighted by Crippen LogP contribution is 2.43. The SMILES string of the molecule is N#Cc1cnc2n1C[C@H](C(c1ccc(F)cc1)c1ccc(F)cc1)n1ncc(=O)c(OCc3ccccc3)c1-2. The van der Waals surface area contributed by atoms with E-state index in [0.717, 1.165) is 16.7 Å². The second-order valence-corrected chi connectivity index (χ2v) is 9.24. The summed E-state index contributed by atoms with van der Waals surface area (Å²) in [7, 11) is 0. The van der Waals surface area contributed by atoms with E-state index in [-0.39, 0.29) is 30.5 Å². The molecule has 5 aromatic rings. The Morgan fingerprint density at radius 3 is 2.21 bits per heavy atom. The largest absolute Gasteiger partial charge is 0.483 e. The number of ether oxygens (including phenoxy) is 1. The summed E-state index contributed by atoms with van der Waals surface area (Å²) in [6.07, 6.45) is 2.65. The van der Waals surface area contributed by atoms with Crippen LogP contribution in [-0.4, -0.2) is 19.3 Å². The maximum atomic E-state index is 13.9. The highest BCUT2D eigenvalue weighted by molar-refractivity contribution is 5.62. The molecule has 0 spiro atoms. The van der Waals surface area contributed by atoms with E-state index in [2.05, 4.69) is 16.2 Å². The van der Waals surface area contributed by atoms with Gasteiger partial charge in [0.25, 0.3) is 0 Å². The van der Waals surface area contributed by atoms with E-state index in [9.17, 15) is 18.8 Å². The molecule has 2 aromatic heterocycles. The van der Waals surface area contributed by atoms with E-state index in [4.69, 9.17) is 4.74 Å². The van der Waals surface area contributed by atoms with Gasteiger partial charge in [0.15, 0.2) is 11.6 Å². The van der Waals surface area contributed by atoms with Gasteiger partial charge >= 0.3 is 0 Å². The summed E-state index contributed by atoms with van der Waals surface area (Å²) in [5.74, 6) is -0.769. The molecule has 1 atom stereocenters. The van der Waals surface area contributed by atoms with Crippen molar-refractivity contribution in [1.29, 1.82) is 5.26 Å². The molecule has 0 saturated heterocycles. The fourth-order valence-corrected chi connectivity index (χ4v) is 5.10. The van der Waals surface area contributed by atoms with Crippen molar-refractivity contribution < 1.29 is 13.5 Å². The van der Waals surface area contributed by atoms with E-state index < -0.39 is 17.4 Å². The van der Waals surface area contributed by atoms with Gasteiger partial charge in [0.1, 0.15) is 35.7 Å². The normalized spacial score (nSPS) is 13.9. The Balaban J connectivity index is 1.55. The summed E-state index contributed by atoms with van der Waals surface area (Å²) in [4.78, 5) is 17.6. The van der Waals surface area contributed by atoms with Crippen molar-refractivity contribution in [3.05, 3.63) is 135 Å². The van der Waals surface area contributed by atoms with Gasteiger partial charge < -0.3 is 9.30 Å². The van der Waals surface area contributed by atoms with Crippen LogP contribution in [0, 0.1) is 23.0 Å². The highest BCUT2D eigenvalue weighted by Gasteiger charge is 2.37. The van der Waals surface area contributed by atoms with Gasteiger partial charge in [-0.1, -0.05) is 54.6 Å². The minimum atomic E-state index is -0.496. The molecule has 1 aliphatic heterocycles. The quantitative estimate of drug-likeness (QED) is 0.306. The third-order valence-corrected chi connectivity index (χ3v) is 6.90. The predicted octanol–water partition coefficient (Wildman–Crippen LogP) is 5.22. The average molecular weight is 522 g/mol. The van der Waals surface area contributed by atoms with Crippen LogP contribution in [0.3, 0.4) is 0 Å². The summed E-state index contributed by atoms with van der Waals surface area (Å²) in [5, 5.41) is 14.3. The lowest BCUT2D eigenvalue weighted by Gasteiger charge is -2.35. The summed E-state index contributed by atoms with van der Waals surface area (Å²) < 4.78 is 37.3. The molecular formula is C30H21F2N5O2. The van der Waals surface area contributed by atoms with Crippen molar-refractivity contribution in [3.63, 3.8) is 0 Å². The van der Waals surface area contributed by atoms with Crippen LogP contribution in [-0.2, 0) is 13.2 Å². The van der Waals surface area contributed by atoms with E-state index in [1.54, 1.807) is 33.5 Å². The molecule has 7 nitrogen and oxygen atoms in total. The number of imidazole rings is 1. The molecule has 0 fully saturated rings. The fourth-order valence-electron chi connectivity index (χ4n) is 5.10. The maximum absolute atomic E-state index is 13.9. The number of benzene rings is 3. The molecule has 0 radical (unpaired) electrons. The van der Waals surface area contributed by atoms with Crippen LogP contribution < -0.4 is 10.2 Å². The van der Waals surface area contributed by atoms with E-state index in [0.29, 0.717) is 17.2 Å². The number of aromatic nitrogens is 4. The first-order valence-corrected chi connectivity index (χ1v) is 12.3. The second kappa shape index (κ2) is 9.99. The molecule has 0 unspecified atom stereocenters. The predicted molar refractivity (Wildman–Crippen MR) is 139 cm³/mol. The van der Waals surface area contributed by atoms with E-state index in [1.165, 1.54) is 36.7 Å². The molecule has 9 heteroatoms. The molecule has 3 heterocycles. The van der Waals surface area contributed by atoms with Crippen LogP contribution in [0.1, 0.15) is 34.3 Å². The minimum Gasteiger partial charge on any atom is -0.483 e. The summed E-state index contributed by atoms with van der Waals surface area (Å²) in [6, 6.07) is 23.3. The van der Waals surface area contributed by atoms with Gasteiger partial charge in [-0.15, -0.1) is 0 Å². The van der Waals surface area contributed by atoms with Gasteiger partial charge in [-0.2, -0.15) is 10.4 Å². The Bertz CT molecular complexity index is 1690. The minimum absolute atomic E-state index is 0.0619. The number of halogens is 2. The van der Waals surface area contributed by atoms with Crippen LogP contribution in [0.2, 0.25) is 0 Å². The molecule has 0 amide bonds. The van der Waals surface area contributed by atoms with Crippen molar-refractivity contribution in [1.82, 2.24) is 19.3 Å². The van der Waals surface area contributed by atoms with Gasteiger partial charge in [-0.05, 0) is 41.0 Å². The van der Waals surface area contributed by atoms with Gasteiger partial charge in [-0.25, -0.2) is 13.8 Å². The van der Waals surface area contributed by atoms with Crippen LogP contribution in [0.25, 0.3) is 11.5 Å². The Hall–Kier alpha value is -5.10. The fraction of sp³-hybridized carbons (Fsp3) is 0.133. The zero-order valence-corrected chi connectivity index (χ0v) is 20.5. The Kier molecular flexibility index (Phi) is 6.21. The monoisotopic (exact) mass is 521 g/mol. The Morgan fingerprint density at radius 2 is 1.59 bits per heavy atom. The lowest BCUT2D eigenvalue weighted by atomic mass is 9.84. The molecule has 0 saturated carbocycles. The van der Waals surface area contributed by atoms with Crippen molar-refractivity contribution in [2.75, 3.05) is 0 Å². The molecular weight excluding hydrogens is 500 g/mol. The highest BCUT2D eigenvalue weighted by atomic mass is 19.1. The summed E-state index contributed by atoms with van der Waals surface area (Å²) >= 11 is 0. The zero-order chi connectivity index (χ0) is 26.9. The van der Waals surface area contributed by atoms with Crippen molar-refractivity contribution in [3.8, 4) is 23.3 Å². The third kappa shape index (κ3) is 4.46. The number of hydrogen-bond donors (Lipinski definition) is 0. The van der Waals surface area contributed by atoms with Crippen molar-refractivity contribution in [2.24, 2.45) is 0 Å². The van der Waals surface area contributed by atoms with Crippen LogP contribution >= 0.6 is 0 Å². The smallest absolute Gasteiger partial charge is 0.242 e. The number of fused-ring (bicyclic) bond motifs is 3. The summed E-state index contributed by atoms with van der Waals surface area (Å²) in [6.45, 7) is 0.418. The number of hydrogen-bond acceptors (Lipinski definition) is 5. The van der Waals surface area contributed by atoms with Crippen LogP contribution in [0.5, 0.6) is 5.75 Å². The Morgan fingerprint density at radius 1 is 0.949 bits per heavy atom. The Labute approximate surface area is 222 Å². The lowest BCUT2D eigenvalue weighted by molar-refractivity contribution is 0.285. The lowest BCUT2D eigenvalue weighted by Crippen LogP contribution is -2.33. The molecule has 39 heavy (non-hydrogen) atoms. The number of nitrogens with zero attached hydrogens (tertiary/aromatic N) is 5.